The van der Waals surface area contributed by atoms with Gasteiger partial charge in [0.05, 0.1) is 19.3 Å². The van der Waals surface area contributed by atoms with Crippen LogP contribution in [-0.2, 0) is 11.8 Å². The van der Waals surface area contributed by atoms with E-state index in [4.69, 9.17) is 4.74 Å². The number of hydrogen-bond acceptors (Lipinski definition) is 4. The fraction of sp³-hybridized carbons (Fsp3) is 0.714. The highest BCUT2D eigenvalue weighted by molar-refractivity contribution is 5.93. The number of hydrogen-bond donors (Lipinski definition) is 0. The summed E-state index contributed by atoms with van der Waals surface area (Å²) in [5, 5.41) is 3.73. The summed E-state index contributed by atoms with van der Waals surface area (Å²) in [6.45, 7) is 3.28. The van der Waals surface area contributed by atoms with E-state index in [9.17, 15) is 13.6 Å². The lowest BCUT2D eigenvalue weighted by molar-refractivity contribution is 0.0477. The smallest absolute Gasteiger partial charge is 0.282 e. The van der Waals surface area contributed by atoms with Gasteiger partial charge in [-0.3, -0.25) is 9.48 Å². The molecule has 2 aliphatic heterocycles. The first kappa shape index (κ1) is 15.4. The van der Waals surface area contributed by atoms with Crippen molar-refractivity contribution >= 4 is 5.91 Å². The quantitative estimate of drug-likeness (QED) is 0.809. The van der Waals surface area contributed by atoms with Gasteiger partial charge in [-0.05, 0) is 13.1 Å². The highest BCUT2D eigenvalue weighted by atomic mass is 19.3. The molecule has 1 aromatic rings. The van der Waals surface area contributed by atoms with Crippen LogP contribution < -0.4 is 0 Å². The van der Waals surface area contributed by atoms with Crippen molar-refractivity contribution in [1.82, 2.24) is 19.6 Å². The summed E-state index contributed by atoms with van der Waals surface area (Å²) >= 11 is 0. The average molecular weight is 314 g/mol. The molecule has 3 rings (SSSR count). The number of aromatic nitrogens is 2. The second kappa shape index (κ2) is 5.92. The molecule has 2 bridgehead atoms. The molecular formula is C14H20F2N4O2. The Morgan fingerprint density at radius 2 is 2.09 bits per heavy atom. The second-order valence-electron chi connectivity index (χ2n) is 6.11. The number of carbonyl (C=O) groups is 1. The molecule has 0 saturated carbocycles. The van der Waals surface area contributed by atoms with Crippen LogP contribution in [0.5, 0.6) is 0 Å². The number of halogens is 2. The van der Waals surface area contributed by atoms with Crippen LogP contribution in [-0.4, -0.2) is 71.4 Å². The lowest BCUT2D eigenvalue weighted by atomic mass is 10.1. The highest BCUT2D eigenvalue weighted by Gasteiger charge is 2.36. The Labute approximate surface area is 127 Å². The minimum Gasteiger partial charge on any atom is -0.379 e. The predicted octanol–water partition coefficient (Wildman–Crippen LogP) is 0.760. The van der Waals surface area contributed by atoms with E-state index in [1.54, 1.807) is 4.90 Å². The first-order chi connectivity index (χ1) is 10.5. The van der Waals surface area contributed by atoms with Gasteiger partial charge in [0.25, 0.3) is 12.3 Å². The van der Waals surface area contributed by atoms with E-state index in [0.717, 1.165) is 13.1 Å². The first-order valence-corrected chi connectivity index (χ1v) is 7.35. The van der Waals surface area contributed by atoms with Gasteiger partial charge in [0.1, 0.15) is 11.4 Å². The Morgan fingerprint density at radius 3 is 2.77 bits per heavy atom. The first-order valence-electron chi connectivity index (χ1n) is 7.35. The van der Waals surface area contributed by atoms with Gasteiger partial charge in [0.15, 0.2) is 0 Å². The van der Waals surface area contributed by atoms with Crippen LogP contribution in [0.1, 0.15) is 22.6 Å². The van der Waals surface area contributed by atoms with Crippen molar-refractivity contribution in [2.45, 2.75) is 12.5 Å². The van der Waals surface area contributed by atoms with Crippen molar-refractivity contribution in [1.29, 1.82) is 0 Å². The number of ether oxygens (including phenoxy) is 1. The lowest BCUT2D eigenvalue weighted by Crippen LogP contribution is -2.46. The third kappa shape index (κ3) is 2.85. The standard InChI is InChI=1S/C14H20F2N4O2/c1-18-4-9-5-20(10(6-18)8-22-7-9)14(21)12-3-11(13(15)16)17-19(12)2/h3,9-10,13H,4-8H2,1-2H3/t9-,10-/m0/s1. The molecule has 2 saturated heterocycles. The van der Waals surface area contributed by atoms with Crippen LogP contribution in [0.15, 0.2) is 6.07 Å². The normalized spacial score (nSPS) is 26.3. The van der Waals surface area contributed by atoms with Gasteiger partial charge >= 0.3 is 0 Å². The van der Waals surface area contributed by atoms with Crippen LogP contribution in [0.2, 0.25) is 0 Å². The molecule has 0 spiro atoms. The number of likely N-dealkylation sites (N-methyl/N-ethyl adjacent to an activating group) is 1. The van der Waals surface area contributed by atoms with Crippen molar-refractivity contribution in [3.8, 4) is 0 Å². The Bertz CT molecular complexity index is 563. The predicted molar refractivity (Wildman–Crippen MR) is 74.8 cm³/mol. The zero-order chi connectivity index (χ0) is 15.9. The van der Waals surface area contributed by atoms with Crippen molar-refractivity contribution < 1.29 is 18.3 Å². The summed E-state index contributed by atoms with van der Waals surface area (Å²) in [6, 6.07) is 1.13. The van der Waals surface area contributed by atoms with E-state index >= 15 is 0 Å². The summed E-state index contributed by atoms with van der Waals surface area (Å²) in [6.07, 6.45) is -2.68. The van der Waals surface area contributed by atoms with Gasteiger partial charge in [-0.1, -0.05) is 0 Å². The Balaban J connectivity index is 1.87. The molecule has 0 radical (unpaired) electrons. The van der Waals surface area contributed by atoms with Crippen LogP contribution in [0, 0.1) is 5.92 Å². The molecule has 2 atom stereocenters. The third-order valence-corrected chi connectivity index (χ3v) is 4.25. The maximum atomic E-state index is 12.8. The van der Waals surface area contributed by atoms with E-state index in [-0.39, 0.29) is 29.3 Å². The zero-order valence-electron chi connectivity index (χ0n) is 12.7. The summed E-state index contributed by atoms with van der Waals surface area (Å²) in [4.78, 5) is 16.8. The van der Waals surface area contributed by atoms with E-state index < -0.39 is 6.43 Å². The van der Waals surface area contributed by atoms with Crippen molar-refractivity contribution in [3.63, 3.8) is 0 Å². The summed E-state index contributed by atoms with van der Waals surface area (Å²) in [5.41, 5.74) is -0.164. The monoisotopic (exact) mass is 314 g/mol. The van der Waals surface area contributed by atoms with E-state index in [2.05, 4.69) is 10.00 Å². The highest BCUT2D eigenvalue weighted by Crippen LogP contribution is 2.23. The van der Waals surface area contributed by atoms with Gasteiger partial charge in [0.2, 0.25) is 0 Å². The van der Waals surface area contributed by atoms with Crippen molar-refractivity contribution in [2.75, 3.05) is 39.9 Å². The topological polar surface area (TPSA) is 50.6 Å². The molecule has 0 N–H and O–H groups in total. The summed E-state index contributed by atoms with van der Waals surface area (Å²) in [7, 11) is 3.55. The van der Waals surface area contributed by atoms with Gasteiger partial charge in [-0.2, -0.15) is 5.10 Å². The van der Waals surface area contributed by atoms with Crippen molar-refractivity contribution in [2.24, 2.45) is 13.0 Å². The van der Waals surface area contributed by atoms with E-state index in [0.29, 0.717) is 19.8 Å². The third-order valence-electron chi connectivity index (χ3n) is 4.25. The maximum absolute atomic E-state index is 12.8. The molecule has 6 nitrogen and oxygen atoms in total. The molecule has 0 aromatic carbocycles. The number of nitrogens with zero attached hydrogens (tertiary/aromatic N) is 4. The lowest BCUT2D eigenvalue weighted by Gasteiger charge is -2.29. The Kier molecular flexibility index (Phi) is 4.14. The molecule has 0 aliphatic carbocycles. The Morgan fingerprint density at radius 1 is 1.32 bits per heavy atom. The summed E-state index contributed by atoms with van der Waals surface area (Å²) < 4.78 is 32.4. The number of rotatable bonds is 2. The molecule has 2 fully saturated rings. The Hall–Kier alpha value is -1.54. The number of aryl methyl sites for hydroxylation is 1. The molecule has 3 heterocycles. The van der Waals surface area contributed by atoms with Gasteiger partial charge in [-0.15, -0.1) is 0 Å². The molecule has 122 valence electrons. The number of amides is 1. The molecule has 8 heteroatoms. The van der Waals surface area contributed by atoms with Gasteiger partial charge in [0, 0.05) is 32.6 Å². The number of fused-ring (bicyclic) bond motifs is 3. The zero-order valence-corrected chi connectivity index (χ0v) is 12.7. The fourth-order valence-corrected chi connectivity index (χ4v) is 3.27. The molecule has 1 aromatic heterocycles. The van der Waals surface area contributed by atoms with Gasteiger partial charge in [-0.25, -0.2) is 8.78 Å². The minimum absolute atomic E-state index is 0.0603. The molecular weight excluding hydrogens is 294 g/mol. The van der Waals surface area contributed by atoms with Gasteiger partial charge < -0.3 is 14.5 Å². The van der Waals surface area contributed by atoms with Crippen LogP contribution in [0.3, 0.4) is 0 Å². The minimum atomic E-state index is -2.68. The number of carbonyl (C=O) groups excluding carboxylic acids is 1. The molecule has 0 unspecified atom stereocenters. The van der Waals surface area contributed by atoms with Crippen LogP contribution in [0.25, 0.3) is 0 Å². The fourth-order valence-electron chi connectivity index (χ4n) is 3.27. The number of alkyl halides is 2. The van der Waals surface area contributed by atoms with Crippen molar-refractivity contribution in [3.05, 3.63) is 17.5 Å². The van der Waals surface area contributed by atoms with E-state index in [1.807, 2.05) is 7.05 Å². The average Bonchev–Trinajstić information content (AvgIpc) is 2.62. The molecule has 1 amide bonds. The van der Waals surface area contributed by atoms with Crippen LogP contribution in [0.4, 0.5) is 8.78 Å². The SMILES string of the molecule is CN1C[C@@H]2COC[C@H](C1)N(C(=O)c1cc(C(F)F)nn1C)C2. The molecule has 2 aliphatic rings. The summed E-state index contributed by atoms with van der Waals surface area (Å²) in [5.74, 6) is -0.0121. The second-order valence-corrected chi connectivity index (χ2v) is 6.11. The maximum Gasteiger partial charge on any atom is 0.282 e. The van der Waals surface area contributed by atoms with Crippen LogP contribution >= 0.6 is 0 Å². The van der Waals surface area contributed by atoms with E-state index in [1.165, 1.54) is 17.8 Å². The largest absolute Gasteiger partial charge is 0.379 e. The molecule has 22 heavy (non-hydrogen) atoms.